The van der Waals surface area contributed by atoms with E-state index in [1.165, 1.54) is 16.4 Å². The number of hydrogen-bond acceptors (Lipinski definition) is 9. The van der Waals surface area contributed by atoms with Gasteiger partial charge in [-0.1, -0.05) is 44.2 Å². The molecule has 0 unspecified atom stereocenters. The number of nitrogens with zero attached hydrogens (tertiary/aromatic N) is 3. The van der Waals surface area contributed by atoms with Gasteiger partial charge in [0.05, 0.1) is 41.3 Å². The van der Waals surface area contributed by atoms with Crippen LogP contribution in [0.4, 0.5) is 15.5 Å². The van der Waals surface area contributed by atoms with Crippen molar-refractivity contribution >= 4 is 39.1 Å². The summed E-state index contributed by atoms with van der Waals surface area (Å²) in [6.45, 7) is 5.54. The Morgan fingerprint density at radius 2 is 1.91 bits per heavy atom. The third-order valence-corrected chi connectivity index (χ3v) is 9.18. The largest absolute Gasteiger partial charge is 0.444 e. The Balaban J connectivity index is 1.51. The summed E-state index contributed by atoms with van der Waals surface area (Å²) in [6, 6.07) is 12.5. The number of carbonyl (C=O) groups is 2. The van der Waals surface area contributed by atoms with Gasteiger partial charge in [-0.25, -0.2) is 23.0 Å². The van der Waals surface area contributed by atoms with Gasteiger partial charge in [-0.3, -0.25) is 5.32 Å². The number of aliphatic hydroxyl groups is 1. The summed E-state index contributed by atoms with van der Waals surface area (Å²) in [5.74, 6) is 0.111. The molecule has 2 heterocycles. The van der Waals surface area contributed by atoms with Crippen molar-refractivity contribution in [3.63, 3.8) is 0 Å². The van der Waals surface area contributed by atoms with E-state index in [2.05, 4.69) is 25.9 Å². The van der Waals surface area contributed by atoms with Crippen LogP contribution in [-0.2, 0) is 25.9 Å². The number of rotatable bonds is 15. The Morgan fingerprint density at radius 3 is 2.59 bits per heavy atom. The first-order chi connectivity index (χ1) is 21.9. The van der Waals surface area contributed by atoms with Gasteiger partial charge in [-0.15, -0.1) is 0 Å². The number of carbonyl (C=O) groups excluding carboxylic acids is 2. The molecule has 3 amide bonds. The van der Waals surface area contributed by atoms with E-state index in [0.29, 0.717) is 43.8 Å². The van der Waals surface area contributed by atoms with Crippen molar-refractivity contribution in [1.29, 1.82) is 0 Å². The average molecular weight is 660 g/mol. The predicted octanol–water partition coefficient (Wildman–Crippen LogP) is 2.38. The number of H-pyrrole nitrogens is 1. The van der Waals surface area contributed by atoms with Crippen molar-refractivity contribution in [3.8, 4) is 0 Å². The number of sulfonamides is 1. The molecule has 1 aliphatic heterocycles. The van der Waals surface area contributed by atoms with Crippen LogP contribution in [0.25, 0.3) is 11.0 Å². The van der Waals surface area contributed by atoms with Crippen LogP contribution >= 0.6 is 0 Å². The lowest BCUT2D eigenvalue weighted by atomic mass is 10.0. The molecule has 46 heavy (non-hydrogen) atoms. The Bertz CT molecular complexity index is 1540. The molecule has 1 saturated heterocycles. The first-order valence-corrected chi connectivity index (χ1v) is 16.8. The fourth-order valence-corrected chi connectivity index (χ4v) is 6.66. The number of urea groups is 1. The molecule has 1 aromatic heterocycles. The summed E-state index contributed by atoms with van der Waals surface area (Å²) in [4.78, 5) is 34.3. The molecule has 0 radical (unpaired) electrons. The highest BCUT2D eigenvalue weighted by molar-refractivity contribution is 7.89. The Morgan fingerprint density at radius 1 is 1.15 bits per heavy atom. The lowest BCUT2D eigenvalue weighted by molar-refractivity contribution is 0.0644. The summed E-state index contributed by atoms with van der Waals surface area (Å²) in [5, 5.41) is 19.6. The molecule has 15 heteroatoms. The van der Waals surface area contributed by atoms with Gasteiger partial charge >= 0.3 is 12.1 Å². The highest BCUT2D eigenvalue weighted by Crippen LogP contribution is 2.24. The number of likely N-dealkylation sites (N-methyl/N-ethyl adjacent to an activating group) is 1. The molecular weight excluding hydrogens is 614 g/mol. The molecule has 0 bridgehead atoms. The van der Waals surface area contributed by atoms with E-state index >= 15 is 0 Å². The maximum Gasteiger partial charge on any atom is 0.407 e. The van der Waals surface area contributed by atoms with Gasteiger partial charge in [0.15, 0.2) is 0 Å². The second kappa shape index (κ2) is 16.2. The first-order valence-electron chi connectivity index (χ1n) is 15.4. The number of aliphatic hydroxyl groups excluding tert-OH is 1. The van der Waals surface area contributed by atoms with Gasteiger partial charge in [-0.2, -0.15) is 4.31 Å². The van der Waals surface area contributed by atoms with Crippen molar-refractivity contribution < 1.29 is 32.6 Å². The van der Waals surface area contributed by atoms with E-state index in [1.807, 2.05) is 63.2 Å². The molecule has 5 N–H and O–H groups in total. The number of aromatic amines is 1. The van der Waals surface area contributed by atoms with Crippen LogP contribution in [0.1, 0.15) is 25.8 Å². The number of benzene rings is 2. The maximum atomic E-state index is 14.0. The van der Waals surface area contributed by atoms with Gasteiger partial charge in [-0.05, 0) is 50.2 Å². The van der Waals surface area contributed by atoms with E-state index in [-0.39, 0.29) is 42.4 Å². The second-order valence-corrected chi connectivity index (χ2v) is 14.0. The van der Waals surface area contributed by atoms with Gasteiger partial charge in [0.2, 0.25) is 16.0 Å². The summed E-state index contributed by atoms with van der Waals surface area (Å²) < 4.78 is 40.0. The molecule has 2 aromatic carbocycles. The van der Waals surface area contributed by atoms with Gasteiger partial charge in [0, 0.05) is 32.6 Å². The highest BCUT2D eigenvalue weighted by Gasteiger charge is 2.32. The standard InChI is InChI=1S/C31H45N7O7S/c1-21(2)18-38(19-28(39)27(16-22-8-6-5-7-9-22)35-31(41)45-23-12-15-44-20-23)46(42,43)24-10-11-25-26(17-24)34-29(33-25)36-30(40)32-13-14-37(3)4/h5-11,17,21,23,27-28,39H,12-16,18-20H2,1-4H3,(H,35,41)(H3,32,33,34,36,40)/t23-,27-,28+/m0/s1. The van der Waals surface area contributed by atoms with Crippen molar-refractivity contribution in [1.82, 2.24) is 29.8 Å². The van der Waals surface area contributed by atoms with Crippen molar-refractivity contribution in [2.24, 2.45) is 5.92 Å². The summed E-state index contributed by atoms with van der Waals surface area (Å²) in [7, 11) is -0.309. The maximum absolute atomic E-state index is 14.0. The minimum absolute atomic E-state index is 0.00769. The van der Waals surface area contributed by atoms with Crippen LogP contribution in [0.3, 0.4) is 0 Å². The topological polar surface area (TPSA) is 178 Å². The zero-order chi connectivity index (χ0) is 33.3. The molecule has 1 fully saturated rings. The molecule has 4 rings (SSSR count). The fourth-order valence-electron chi connectivity index (χ4n) is 5.01. The Labute approximate surface area is 269 Å². The van der Waals surface area contributed by atoms with E-state index in [9.17, 15) is 23.1 Å². The molecule has 3 aromatic rings. The van der Waals surface area contributed by atoms with Gasteiger partial charge in [0.25, 0.3) is 0 Å². The number of anilines is 1. The quantitative estimate of drug-likeness (QED) is 0.164. The molecule has 1 aliphatic rings. The number of imidazole rings is 1. The van der Waals surface area contributed by atoms with Crippen molar-refractivity contribution in [2.45, 2.75) is 49.8 Å². The van der Waals surface area contributed by atoms with Crippen LogP contribution in [-0.4, -0.2) is 117 Å². The normalized spacial score (nSPS) is 16.6. The summed E-state index contributed by atoms with van der Waals surface area (Å²) >= 11 is 0. The second-order valence-electron chi connectivity index (χ2n) is 12.1. The zero-order valence-corrected chi connectivity index (χ0v) is 27.5. The molecule has 14 nitrogen and oxygen atoms in total. The van der Waals surface area contributed by atoms with Gasteiger partial charge in [0.1, 0.15) is 6.10 Å². The van der Waals surface area contributed by atoms with E-state index in [1.54, 1.807) is 6.07 Å². The van der Waals surface area contributed by atoms with Crippen LogP contribution in [0.5, 0.6) is 0 Å². The van der Waals surface area contributed by atoms with Crippen molar-refractivity contribution in [2.75, 3.05) is 58.8 Å². The minimum atomic E-state index is -4.11. The van der Waals surface area contributed by atoms with Crippen LogP contribution in [0.2, 0.25) is 0 Å². The molecular formula is C31H45N7O7S. The Hall–Kier alpha value is -3.76. The first kappa shape index (κ1) is 35.1. The lowest BCUT2D eigenvalue weighted by Crippen LogP contribution is -2.51. The highest BCUT2D eigenvalue weighted by atomic mass is 32.2. The number of fused-ring (bicyclic) bond motifs is 1. The average Bonchev–Trinajstić information content (AvgIpc) is 3.65. The SMILES string of the molecule is CC(C)CN(C[C@@H](O)[C@H](Cc1ccccc1)NC(=O)O[C@H]1CCOC1)S(=O)(=O)c1ccc2nc(NC(=O)NCCN(C)C)[nH]c2c1. The van der Waals surface area contributed by atoms with E-state index in [4.69, 9.17) is 9.47 Å². The lowest BCUT2D eigenvalue weighted by Gasteiger charge is -2.30. The summed E-state index contributed by atoms with van der Waals surface area (Å²) in [5.41, 5.74) is 1.74. The number of ether oxygens (including phenoxy) is 2. The third kappa shape index (κ3) is 10.1. The zero-order valence-electron chi connectivity index (χ0n) is 26.7. The summed E-state index contributed by atoms with van der Waals surface area (Å²) in [6.07, 6.45) is -1.50. The van der Waals surface area contributed by atoms with E-state index < -0.39 is 34.3 Å². The monoisotopic (exact) mass is 659 g/mol. The molecule has 0 spiro atoms. The molecule has 3 atom stereocenters. The number of nitrogens with one attached hydrogen (secondary N) is 4. The van der Waals surface area contributed by atoms with Crippen LogP contribution in [0, 0.1) is 5.92 Å². The van der Waals surface area contributed by atoms with Crippen molar-refractivity contribution in [3.05, 3.63) is 54.1 Å². The third-order valence-electron chi connectivity index (χ3n) is 7.35. The Kier molecular flexibility index (Phi) is 12.3. The molecule has 0 aliphatic carbocycles. The molecule has 252 valence electrons. The van der Waals surface area contributed by atoms with E-state index in [0.717, 1.165) is 5.56 Å². The number of alkyl carbamates (subject to hydrolysis) is 1. The predicted molar refractivity (Wildman–Crippen MR) is 174 cm³/mol. The fraction of sp³-hybridized carbons (Fsp3) is 0.516. The number of aromatic nitrogens is 2. The van der Waals surface area contributed by atoms with Gasteiger partial charge < -0.3 is 35.1 Å². The smallest absolute Gasteiger partial charge is 0.407 e. The van der Waals surface area contributed by atoms with Crippen LogP contribution < -0.4 is 16.0 Å². The number of amides is 3. The number of hydrogen-bond donors (Lipinski definition) is 5. The minimum Gasteiger partial charge on any atom is -0.444 e. The van der Waals surface area contributed by atoms with Crippen LogP contribution in [0.15, 0.2) is 53.4 Å². The molecule has 0 saturated carbocycles.